The number of methoxy groups -OCH3 is 2. The van der Waals surface area contributed by atoms with Gasteiger partial charge in [0.15, 0.2) is 0 Å². The maximum absolute atomic E-state index is 10.1. The van der Waals surface area contributed by atoms with E-state index in [0.717, 1.165) is 46.1 Å². The van der Waals surface area contributed by atoms with Crippen molar-refractivity contribution in [3.63, 3.8) is 0 Å². The van der Waals surface area contributed by atoms with Crippen LogP contribution in [0.25, 0.3) is 21.5 Å². The maximum atomic E-state index is 10.1. The molecule has 2 N–H and O–H groups in total. The summed E-state index contributed by atoms with van der Waals surface area (Å²) in [6, 6.07) is 25.6. The lowest BCUT2D eigenvalue weighted by molar-refractivity contribution is 0.00447. The molecular weight excluding hydrogens is 452 g/mol. The molecule has 1 aliphatic rings. The molecule has 0 aromatic heterocycles. The number of hydrogen-bond acceptors (Lipinski definition) is 6. The zero-order valence-corrected chi connectivity index (χ0v) is 20.9. The van der Waals surface area contributed by atoms with Gasteiger partial charge in [-0.1, -0.05) is 36.4 Å². The molecule has 4 aromatic carbocycles. The molecule has 1 fully saturated rings. The van der Waals surface area contributed by atoms with Crippen molar-refractivity contribution in [1.29, 1.82) is 0 Å². The molecule has 2 unspecified atom stereocenters. The standard InChI is InChI=1S/C30H34N2O4/c1-35-27-9-7-21-15-25(5-3-23(21)17-27)29-19-31(11-13-33)20-30(32(29)12-14-34)26-6-4-24-18-28(36-2)10-8-22(24)16-26/h3-10,15-18,29-30,33-34H,11-14,19-20H2,1-2H3. The van der Waals surface area contributed by atoms with Crippen LogP contribution in [0.4, 0.5) is 0 Å². The van der Waals surface area contributed by atoms with Crippen LogP contribution in [-0.4, -0.2) is 73.6 Å². The second-order valence-electron chi connectivity index (χ2n) is 9.42. The SMILES string of the molecule is COc1ccc2cc(C3CN(CCO)CC(c4ccc5cc(OC)ccc5c4)N3CCO)ccc2c1. The Morgan fingerprint density at radius 1 is 0.639 bits per heavy atom. The average Bonchev–Trinajstić information content (AvgIpc) is 2.92. The highest BCUT2D eigenvalue weighted by Crippen LogP contribution is 2.38. The van der Waals surface area contributed by atoms with E-state index < -0.39 is 0 Å². The van der Waals surface area contributed by atoms with Gasteiger partial charge in [0.05, 0.1) is 27.4 Å². The minimum atomic E-state index is 0.0838. The van der Waals surface area contributed by atoms with Gasteiger partial charge in [-0.3, -0.25) is 9.80 Å². The number of ether oxygens (including phenoxy) is 2. The molecule has 6 heteroatoms. The Bertz CT molecular complexity index is 1240. The molecule has 0 bridgehead atoms. The topological polar surface area (TPSA) is 65.4 Å². The van der Waals surface area contributed by atoms with E-state index in [0.29, 0.717) is 13.1 Å². The van der Waals surface area contributed by atoms with Crippen molar-refractivity contribution < 1.29 is 19.7 Å². The summed E-state index contributed by atoms with van der Waals surface area (Å²) in [5.74, 6) is 1.69. The number of aliphatic hydroxyl groups is 2. The summed E-state index contributed by atoms with van der Waals surface area (Å²) in [7, 11) is 3.37. The monoisotopic (exact) mass is 486 g/mol. The van der Waals surface area contributed by atoms with Crippen molar-refractivity contribution >= 4 is 21.5 Å². The van der Waals surface area contributed by atoms with E-state index in [4.69, 9.17) is 9.47 Å². The van der Waals surface area contributed by atoms with Crippen LogP contribution in [0, 0.1) is 0 Å². The van der Waals surface area contributed by atoms with Crippen LogP contribution in [0.15, 0.2) is 72.8 Å². The highest BCUT2D eigenvalue weighted by atomic mass is 16.5. The lowest BCUT2D eigenvalue weighted by Crippen LogP contribution is -2.51. The quantitative estimate of drug-likeness (QED) is 0.385. The van der Waals surface area contributed by atoms with Crippen LogP contribution < -0.4 is 9.47 Å². The van der Waals surface area contributed by atoms with E-state index in [-0.39, 0.29) is 25.3 Å². The number of hydrogen-bond donors (Lipinski definition) is 2. The molecule has 2 atom stereocenters. The zero-order valence-electron chi connectivity index (χ0n) is 20.9. The fourth-order valence-electron chi connectivity index (χ4n) is 5.49. The molecule has 0 saturated carbocycles. The molecule has 0 radical (unpaired) electrons. The highest BCUT2D eigenvalue weighted by Gasteiger charge is 2.35. The lowest BCUT2D eigenvalue weighted by Gasteiger charge is -2.47. The normalized spacial score (nSPS) is 19.1. The number of piperazine rings is 1. The van der Waals surface area contributed by atoms with Crippen LogP contribution >= 0.6 is 0 Å². The Kier molecular flexibility index (Phi) is 7.39. The summed E-state index contributed by atoms with van der Waals surface area (Å²) < 4.78 is 10.8. The third-order valence-corrected chi connectivity index (χ3v) is 7.35. The molecule has 6 nitrogen and oxygen atoms in total. The molecule has 1 saturated heterocycles. The van der Waals surface area contributed by atoms with Crippen LogP contribution in [0.2, 0.25) is 0 Å². The molecule has 188 valence electrons. The first kappa shape index (κ1) is 24.5. The summed E-state index contributed by atoms with van der Waals surface area (Å²) in [6.07, 6.45) is 0. The van der Waals surface area contributed by atoms with Gasteiger partial charge in [-0.05, 0) is 69.1 Å². The number of benzene rings is 4. The van der Waals surface area contributed by atoms with Gasteiger partial charge in [0.1, 0.15) is 11.5 Å². The number of aliphatic hydroxyl groups excluding tert-OH is 2. The van der Waals surface area contributed by atoms with Crippen LogP contribution in [0.3, 0.4) is 0 Å². The van der Waals surface area contributed by atoms with E-state index in [2.05, 4.69) is 70.5 Å². The van der Waals surface area contributed by atoms with E-state index >= 15 is 0 Å². The van der Waals surface area contributed by atoms with Crippen molar-refractivity contribution in [3.8, 4) is 11.5 Å². The molecule has 1 heterocycles. The number of rotatable bonds is 8. The van der Waals surface area contributed by atoms with E-state index in [1.54, 1.807) is 14.2 Å². The summed E-state index contributed by atoms with van der Waals surface area (Å²) >= 11 is 0. The second-order valence-corrected chi connectivity index (χ2v) is 9.42. The molecule has 0 amide bonds. The molecule has 4 aromatic rings. The van der Waals surface area contributed by atoms with Gasteiger partial charge in [0.25, 0.3) is 0 Å². The van der Waals surface area contributed by atoms with Crippen LogP contribution in [0.1, 0.15) is 23.2 Å². The Morgan fingerprint density at radius 2 is 1.08 bits per heavy atom. The van der Waals surface area contributed by atoms with Crippen molar-refractivity contribution in [2.45, 2.75) is 12.1 Å². The Labute approximate surface area is 212 Å². The first-order valence-electron chi connectivity index (χ1n) is 12.5. The number of nitrogens with zero attached hydrogens (tertiary/aromatic N) is 2. The van der Waals surface area contributed by atoms with Crippen molar-refractivity contribution in [2.24, 2.45) is 0 Å². The summed E-state index contributed by atoms with van der Waals surface area (Å²) in [6.45, 7) is 2.99. The highest BCUT2D eigenvalue weighted by molar-refractivity contribution is 5.85. The van der Waals surface area contributed by atoms with Gasteiger partial charge < -0.3 is 19.7 Å². The Morgan fingerprint density at radius 3 is 1.53 bits per heavy atom. The van der Waals surface area contributed by atoms with E-state index in [9.17, 15) is 10.2 Å². The lowest BCUT2D eigenvalue weighted by atomic mass is 9.92. The minimum Gasteiger partial charge on any atom is -0.497 e. The summed E-state index contributed by atoms with van der Waals surface area (Å²) in [4.78, 5) is 4.75. The van der Waals surface area contributed by atoms with Gasteiger partial charge in [-0.15, -0.1) is 0 Å². The first-order chi connectivity index (χ1) is 17.6. The molecule has 5 rings (SSSR count). The molecule has 0 aliphatic carbocycles. The third kappa shape index (κ3) is 4.90. The summed E-state index contributed by atoms with van der Waals surface area (Å²) in [5.41, 5.74) is 2.42. The minimum absolute atomic E-state index is 0.0838. The fourth-order valence-corrected chi connectivity index (χ4v) is 5.49. The van der Waals surface area contributed by atoms with Gasteiger partial charge in [0, 0.05) is 38.3 Å². The third-order valence-electron chi connectivity index (χ3n) is 7.35. The van der Waals surface area contributed by atoms with Gasteiger partial charge in [0.2, 0.25) is 0 Å². The molecule has 1 aliphatic heterocycles. The number of fused-ring (bicyclic) bond motifs is 2. The molecular formula is C30H34N2O4. The van der Waals surface area contributed by atoms with Gasteiger partial charge in [-0.2, -0.15) is 0 Å². The zero-order chi connectivity index (χ0) is 25.1. The average molecular weight is 487 g/mol. The fraction of sp³-hybridized carbons (Fsp3) is 0.333. The predicted molar refractivity (Wildman–Crippen MR) is 144 cm³/mol. The van der Waals surface area contributed by atoms with Crippen LogP contribution in [0.5, 0.6) is 11.5 Å². The van der Waals surface area contributed by atoms with E-state index in [1.165, 1.54) is 11.1 Å². The molecule has 36 heavy (non-hydrogen) atoms. The Balaban J connectivity index is 1.55. The predicted octanol–water partition coefficient (Wildman–Crippen LogP) is 4.39. The van der Waals surface area contributed by atoms with Crippen molar-refractivity contribution in [3.05, 3.63) is 83.9 Å². The second kappa shape index (κ2) is 10.8. The largest absolute Gasteiger partial charge is 0.497 e. The Hall–Kier alpha value is -3.16. The molecule has 0 spiro atoms. The van der Waals surface area contributed by atoms with E-state index in [1.807, 2.05) is 12.1 Å². The van der Waals surface area contributed by atoms with Crippen molar-refractivity contribution in [1.82, 2.24) is 9.80 Å². The maximum Gasteiger partial charge on any atom is 0.119 e. The van der Waals surface area contributed by atoms with Gasteiger partial charge >= 0.3 is 0 Å². The smallest absolute Gasteiger partial charge is 0.119 e. The van der Waals surface area contributed by atoms with Crippen LogP contribution in [-0.2, 0) is 0 Å². The number of β-amino-alcohol motifs (C(OH)–C–C–N with tert-alkyl or cyclic N) is 2. The first-order valence-corrected chi connectivity index (χ1v) is 12.5. The van der Waals surface area contributed by atoms with Gasteiger partial charge in [-0.25, -0.2) is 0 Å². The summed E-state index contributed by atoms with van der Waals surface area (Å²) in [5, 5.41) is 24.4. The van der Waals surface area contributed by atoms with Crippen molar-refractivity contribution in [2.75, 3.05) is 53.6 Å².